The first-order valence-corrected chi connectivity index (χ1v) is 7.32. The zero-order valence-corrected chi connectivity index (χ0v) is 12.6. The van der Waals surface area contributed by atoms with Gasteiger partial charge in [-0.1, -0.05) is 61.9 Å². The molecule has 0 fully saturated rings. The van der Waals surface area contributed by atoms with Crippen molar-refractivity contribution in [3.8, 4) is 11.1 Å². The summed E-state index contributed by atoms with van der Waals surface area (Å²) in [5, 5.41) is 0. The molecule has 108 valence electrons. The van der Waals surface area contributed by atoms with Crippen LogP contribution >= 0.6 is 0 Å². The normalized spacial score (nSPS) is 10.4. The third kappa shape index (κ3) is 4.12. The fraction of sp³-hybridized carbons (Fsp3) is 0.263. The molecule has 0 N–H and O–H groups in total. The van der Waals surface area contributed by atoms with Gasteiger partial charge in [-0.05, 0) is 30.0 Å². The largest absolute Gasteiger partial charge is 0.300 e. The number of hydrogen-bond donors (Lipinski definition) is 0. The molecule has 0 saturated carbocycles. The van der Waals surface area contributed by atoms with Crippen LogP contribution in [0.15, 0.2) is 48.5 Å². The molecule has 0 radical (unpaired) electrons. The van der Waals surface area contributed by atoms with E-state index in [0.29, 0.717) is 5.56 Å². The Balaban J connectivity index is 2.14. The van der Waals surface area contributed by atoms with Crippen molar-refractivity contribution in [3.05, 3.63) is 59.7 Å². The van der Waals surface area contributed by atoms with Crippen molar-refractivity contribution in [2.45, 2.75) is 33.1 Å². The Hall–Kier alpha value is -2.22. The standard InChI is InChI=1S/C19H20O2/c1-3-4-15-5-7-16(8-6-15)17-9-11-18(12-10-17)19(21)13-14(2)20/h5-12H,3-4,13H2,1-2H3. The van der Waals surface area contributed by atoms with Gasteiger partial charge in [0.25, 0.3) is 0 Å². The number of rotatable bonds is 6. The zero-order chi connectivity index (χ0) is 15.2. The topological polar surface area (TPSA) is 34.1 Å². The van der Waals surface area contributed by atoms with Gasteiger partial charge in [-0.15, -0.1) is 0 Å². The minimum atomic E-state index is -0.118. The van der Waals surface area contributed by atoms with Gasteiger partial charge in [-0.25, -0.2) is 0 Å². The Kier molecular flexibility index (Phi) is 5.04. The van der Waals surface area contributed by atoms with Crippen molar-refractivity contribution in [1.29, 1.82) is 0 Å². The lowest BCUT2D eigenvalue weighted by Crippen LogP contribution is -2.04. The van der Waals surface area contributed by atoms with Crippen LogP contribution in [0.5, 0.6) is 0 Å². The van der Waals surface area contributed by atoms with Crippen molar-refractivity contribution >= 4 is 11.6 Å². The van der Waals surface area contributed by atoms with Gasteiger partial charge in [0, 0.05) is 5.56 Å². The van der Waals surface area contributed by atoms with E-state index in [-0.39, 0.29) is 18.0 Å². The van der Waals surface area contributed by atoms with Gasteiger partial charge >= 0.3 is 0 Å². The molecule has 0 aliphatic carbocycles. The van der Waals surface area contributed by atoms with Gasteiger partial charge in [0.1, 0.15) is 5.78 Å². The lowest BCUT2D eigenvalue weighted by molar-refractivity contribution is -0.116. The molecule has 2 nitrogen and oxygen atoms in total. The van der Waals surface area contributed by atoms with Crippen molar-refractivity contribution in [2.75, 3.05) is 0 Å². The van der Waals surface area contributed by atoms with E-state index in [1.807, 2.05) is 12.1 Å². The molecule has 0 saturated heterocycles. The maximum absolute atomic E-state index is 11.8. The van der Waals surface area contributed by atoms with Crippen LogP contribution in [0.2, 0.25) is 0 Å². The highest BCUT2D eigenvalue weighted by molar-refractivity contribution is 6.07. The van der Waals surface area contributed by atoms with Crippen LogP contribution in [0.25, 0.3) is 11.1 Å². The summed E-state index contributed by atoms with van der Waals surface area (Å²) in [7, 11) is 0. The predicted molar refractivity (Wildman–Crippen MR) is 85.5 cm³/mol. The maximum Gasteiger partial charge on any atom is 0.170 e. The minimum Gasteiger partial charge on any atom is -0.300 e. The second-order valence-electron chi connectivity index (χ2n) is 5.33. The van der Waals surface area contributed by atoms with Crippen molar-refractivity contribution in [3.63, 3.8) is 0 Å². The second-order valence-corrected chi connectivity index (χ2v) is 5.33. The van der Waals surface area contributed by atoms with Crippen LogP contribution in [0.1, 0.15) is 42.6 Å². The highest BCUT2D eigenvalue weighted by Gasteiger charge is 2.08. The molecule has 0 heterocycles. The molecular weight excluding hydrogens is 260 g/mol. The number of carbonyl (C=O) groups is 2. The molecule has 0 bridgehead atoms. The predicted octanol–water partition coefficient (Wildman–Crippen LogP) is 4.47. The van der Waals surface area contributed by atoms with E-state index in [1.54, 1.807) is 12.1 Å². The van der Waals surface area contributed by atoms with Crippen LogP contribution in [-0.2, 0) is 11.2 Å². The lowest BCUT2D eigenvalue weighted by atomic mass is 9.99. The third-order valence-corrected chi connectivity index (χ3v) is 3.44. The van der Waals surface area contributed by atoms with Gasteiger partial charge < -0.3 is 0 Å². The van der Waals surface area contributed by atoms with Crippen molar-refractivity contribution in [1.82, 2.24) is 0 Å². The van der Waals surface area contributed by atoms with E-state index < -0.39 is 0 Å². The van der Waals surface area contributed by atoms with Gasteiger partial charge in [-0.2, -0.15) is 0 Å². The average Bonchev–Trinajstić information content (AvgIpc) is 2.48. The summed E-state index contributed by atoms with van der Waals surface area (Å²) in [5.74, 6) is -0.220. The summed E-state index contributed by atoms with van der Waals surface area (Å²) in [5.41, 5.74) is 4.16. The monoisotopic (exact) mass is 280 g/mol. The van der Waals surface area contributed by atoms with Crippen LogP contribution in [-0.4, -0.2) is 11.6 Å². The summed E-state index contributed by atoms with van der Waals surface area (Å²) in [6.07, 6.45) is 2.22. The van der Waals surface area contributed by atoms with Crippen LogP contribution in [0.3, 0.4) is 0 Å². The lowest BCUT2D eigenvalue weighted by Gasteiger charge is -2.05. The number of benzene rings is 2. The first kappa shape index (κ1) is 15.2. The number of ketones is 2. The maximum atomic E-state index is 11.8. The summed E-state index contributed by atoms with van der Waals surface area (Å²) < 4.78 is 0. The van der Waals surface area contributed by atoms with Gasteiger partial charge in [0.15, 0.2) is 5.78 Å². The minimum absolute atomic E-state index is 0.0228. The molecule has 2 rings (SSSR count). The SMILES string of the molecule is CCCc1ccc(-c2ccc(C(=O)CC(C)=O)cc2)cc1. The molecular formula is C19H20O2. The van der Waals surface area contributed by atoms with Crippen molar-refractivity contribution < 1.29 is 9.59 Å². The van der Waals surface area contributed by atoms with E-state index in [4.69, 9.17) is 0 Å². The number of carbonyl (C=O) groups excluding carboxylic acids is 2. The molecule has 2 heteroatoms. The Labute approximate surface area is 125 Å². The average molecular weight is 280 g/mol. The number of hydrogen-bond acceptors (Lipinski definition) is 2. The molecule has 0 aromatic heterocycles. The van der Waals surface area contributed by atoms with Gasteiger partial charge in [-0.3, -0.25) is 9.59 Å². The highest BCUT2D eigenvalue weighted by Crippen LogP contribution is 2.21. The molecule has 0 aliphatic rings. The molecule has 21 heavy (non-hydrogen) atoms. The summed E-state index contributed by atoms with van der Waals surface area (Å²) in [6.45, 7) is 3.61. The first-order valence-electron chi connectivity index (χ1n) is 7.32. The van der Waals surface area contributed by atoms with E-state index in [0.717, 1.165) is 24.0 Å². The van der Waals surface area contributed by atoms with Gasteiger partial charge in [0.05, 0.1) is 6.42 Å². The Morgan fingerprint density at radius 3 is 1.86 bits per heavy atom. The molecule has 0 unspecified atom stereocenters. The number of Topliss-reactive ketones (excluding diaryl/α,β-unsaturated/α-hetero) is 2. The fourth-order valence-electron chi connectivity index (χ4n) is 2.33. The molecule has 0 amide bonds. The quantitative estimate of drug-likeness (QED) is 0.578. The molecule has 0 atom stereocenters. The zero-order valence-electron chi connectivity index (χ0n) is 12.6. The second kappa shape index (κ2) is 6.98. The summed E-state index contributed by atoms with van der Waals surface area (Å²) >= 11 is 0. The number of aryl methyl sites for hydroxylation is 1. The van der Waals surface area contributed by atoms with E-state index in [1.165, 1.54) is 12.5 Å². The van der Waals surface area contributed by atoms with E-state index in [9.17, 15) is 9.59 Å². The van der Waals surface area contributed by atoms with E-state index in [2.05, 4.69) is 31.2 Å². The molecule has 0 spiro atoms. The van der Waals surface area contributed by atoms with Crippen LogP contribution in [0.4, 0.5) is 0 Å². The first-order chi connectivity index (χ1) is 10.1. The Bertz CT molecular complexity index is 622. The third-order valence-electron chi connectivity index (χ3n) is 3.44. The van der Waals surface area contributed by atoms with E-state index >= 15 is 0 Å². The Morgan fingerprint density at radius 1 is 0.857 bits per heavy atom. The smallest absolute Gasteiger partial charge is 0.170 e. The summed E-state index contributed by atoms with van der Waals surface area (Å²) in [6, 6.07) is 16.0. The van der Waals surface area contributed by atoms with Gasteiger partial charge in [0.2, 0.25) is 0 Å². The molecule has 0 aliphatic heterocycles. The van der Waals surface area contributed by atoms with Crippen molar-refractivity contribution in [2.24, 2.45) is 0 Å². The molecule has 2 aromatic carbocycles. The fourth-order valence-corrected chi connectivity index (χ4v) is 2.33. The summed E-state index contributed by atoms with van der Waals surface area (Å²) in [4.78, 5) is 22.8. The Morgan fingerprint density at radius 2 is 1.38 bits per heavy atom. The van der Waals surface area contributed by atoms with Crippen LogP contribution in [0, 0.1) is 0 Å². The van der Waals surface area contributed by atoms with Crippen LogP contribution < -0.4 is 0 Å². The highest BCUT2D eigenvalue weighted by atomic mass is 16.1. The molecule has 2 aromatic rings.